The van der Waals surface area contributed by atoms with Crippen molar-refractivity contribution in [1.29, 1.82) is 0 Å². The molecule has 7 aromatic rings. The van der Waals surface area contributed by atoms with Crippen LogP contribution in [0.5, 0.6) is 34.5 Å². The Labute approximate surface area is 556 Å². The van der Waals surface area contributed by atoms with Crippen molar-refractivity contribution in [3.63, 3.8) is 0 Å². The highest BCUT2D eigenvalue weighted by molar-refractivity contribution is 14.1. The minimum absolute atomic E-state index is 0.0210. The van der Waals surface area contributed by atoms with Crippen LogP contribution in [0.2, 0.25) is 0 Å². The van der Waals surface area contributed by atoms with E-state index in [-0.39, 0.29) is 97.5 Å². The second-order valence-electron chi connectivity index (χ2n) is 22.7. The third-order valence-electron chi connectivity index (χ3n) is 16.6. The van der Waals surface area contributed by atoms with E-state index < -0.39 is 52.6 Å². The molecule has 3 amide bonds. The van der Waals surface area contributed by atoms with Crippen LogP contribution in [0, 0.1) is 16.3 Å². The Morgan fingerprint density at radius 2 is 1.46 bits per heavy atom. The maximum absolute atomic E-state index is 15.2. The lowest BCUT2D eigenvalue weighted by Gasteiger charge is -2.37. The van der Waals surface area contributed by atoms with Crippen LogP contribution in [0.1, 0.15) is 98.6 Å². The van der Waals surface area contributed by atoms with Gasteiger partial charge in [-0.05, 0) is 159 Å². The van der Waals surface area contributed by atoms with Crippen molar-refractivity contribution in [1.82, 2.24) is 23.9 Å². The molecule has 3 heterocycles. The Bertz CT molecular complexity index is 4070. The number of methoxy groups -OCH3 is 5. The predicted octanol–water partition coefficient (Wildman–Crippen LogP) is 9.37. The van der Waals surface area contributed by atoms with Gasteiger partial charge in [-0.2, -0.15) is 0 Å². The molecule has 3 atom stereocenters. The van der Waals surface area contributed by atoms with E-state index in [1.165, 1.54) is 61.1 Å². The fourth-order valence-electron chi connectivity index (χ4n) is 11.7. The minimum atomic E-state index is -0.876. The lowest BCUT2D eigenvalue weighted by molar-refractivity contribution is -0.162. The molecule has 1 aliphatic carbocycles. The Morgan fingerprint density at radius 3 is 2.15 bits per heavy atom. The number of pyridine rings is 1. The molecule has 2 aromatic heterocycles. The Balaban J connectivity index is 0.776. The second kappa shape index (κ2) is 32.3. The molecule has 0 unspecified atom stereocenters. The van der Waals surface area contributed by atoms with Gasteiger partial charge in [-0.15, -0.1) is 0 Å². The number of anilines is 3. The van der Waals surface area contributed by atoms with Crippen molar-refractivity contribution in [3.8, 4) is 40.2 Å². The number of likely N-dealkylation sites (tertiary alicyclic amines) is 1. The first-order valence-electron chi connectivity index (χ1n) is 31.1. The molecule has 1 aliphatic heterocycles. The molecule has 2 aliphatic rings. The van der Waals surface area contributed by atoms with Crippen LogP contribution < -0.4 is 61.2 Å². The van der Waals surface area contributed by atoms with Crippen molar-refractivity contribution in [3.05, 3.63) is 160 Å². The minimum Gasteiger partial charge on any atom is -0.493 e. The third kappa shape index (κ3) is 16.2. The van der Waals surface area contributed by atoms with Gasteiger partial charge in [0.25, 0.3) is 17.0 Å². The molecule has 0 spiro atoms. The molecule has 1 saturated heterocycles. The SMILES string of the molecule is CC[C@H](C(=O)N1CCCC[C@H]1C(=O)O[C@H](CCc1ccc(OC)c(OC)c1)c1ccccc1OCC(=O)NCCOCCOCCC(=O)Nc1cccc(-n2c(=O)n(C3CC3)c(=O)c3c(Nc4ccc(I)cc4F)n(C)c(=O)c(C)c32)c1)c1cc(OC)c(OC)c(OC)c1. The van der Waals surface area contributed by atoms with Crippen molar-refractivity contribution < 1.29 is 66.2 Å². The van der Waals surface area contributed by atoms with Crippen LogP contribution in [-0.2, 0) is 46.9 Å². The first-order chi connectivity index (χ1) is 45.4. The molecule has 0 bridgehead atoms. The van der Waals surface area contributed by atoms with E-state index in [2.05, 4.69) is 16.0 Å². The van der Waals surface area contributed by atoms with Gasteiger partial charge in [0.15, 0.2) is 29.6 Å². The Hall–Kier alpha value is -8.95. The summed E-state index contributed by atoms with van der Waals surface area (Å²) in [6.07, 6.45) is 3.29. The fourth-order valence-corrected chi connectivity index (χ4v) is 12.1. The quantitative estimate of drug-likeness (QED) is 0.0208. The number of esters is 1. The molecule has 1 saturated carbocycles. The summed E-state index contributed by atoms with van der Waals surface area (Å²) in [6.45, 7) is 4.08. The zero-order chi connectivity index (χ0) is 67.2. The summed E-state index contributed by atoms with van der Waals surface area (Å²) in [5.41, 5.74) is 1.14. The van der Waals surface area contributed by atoms with Crippen LogP contribution in [0.3, 0.4) is 0 Å². The molecule has 9 rings (SSSR count). The van der Waals surface area contributed by atoms with Crippen LogP contribution in [-0.4, -0.2) is 130 Å². The van der Waals surface area contributed by atoms with Crippen LogP contribution in [0.4, 0.5) is 21.6 Å². The second-order valence-corrected chi connectivity index (χ2v) is 23.9. The van der Waals surface area contributed by atoms with Gasteiger partial charge in [0, 0.05) is 46.6 Å². The number of ether oxygens (including phenoxy) is 9. The van der Waals surface area contributed by atoms with Crippen molar-refractivity contribution in [2.75, 3.05) is 92.3 Å². The molecule has 23 nitrogen and oxygen atoms in total. The molecule has 3 N–H and O–H groups in total. The number of fused-ring (bicyclic) bond motifs is 1. The van der Waals surface area contributed by atoms with Crippen molar-refractivity contribution in [2.45, 2.75) is 95.7 Å². The standard InChI is InChI=1S/C69H79FIN7O16/c1-9-48(43-36-57(88-6)63(90-8)58(37-43)89-7)66(82)76-30-13-12-18-52(76)68(84)94-54(26-20-42-21-27-55(86-4)56(35-42)87-5)49-17-10-11-19-53(49)93-40-60(80)72-29-32-92-34-33-91-31-28-59(79)73-45-15-14-16-47(39-45)77-62-41(2)65(81)75(3)64(74-51-25-22-44(71)38-50(51)70)61(62)67(83)78(69(77)85)46-23-24-46/h10-11,14-17,19,21-22,25,27,35-39,46,48,52,54,74H,9,12-13,18,20,23-24,26,28-34,40H2,1-8H3,(H,72,80)(H,73,79)/t48-,52-,54+/m0/s1. The Morgan fingerprint density at radius 1 is 0.734 bits per heavy atom. The maximum atomic E-state index is 15.2. The molecular weight excluding hydrogens is 1330 g/mol. The summed E-state index contributed by atoms with van der Waals surface area (Å²) in [5.74, 6) is -0.170. The number of carbonyl (C=O) groups is 4. The number of hydrogen-bond donors (Lipinski definition) is 3. The van der Waals surface area contributed by atoms with Crippen LogP contribution in [0.15, 0.2) is 111 Å². The number of nitrogens with one attached hydrogen (secondary N) is 3. The molecule has 5 aromatic carbocycles. The van der Waals surface area contributed by atoms with Crippen LogP contribution in [0.25, 0.3) is 16.6 Å². The topological polar surface area (TPSA) is 257 Å². The number of aromatic nitrogens is 3. The van der Waals surface area contributed by atoms with Gasteiger partial charge >= 0.3 is 11.7 Å². The average Bonchev–Trinajstić information content (AvgIpc) is 1.53. The van der Waals surface area contributed by atoms with Crippen LogP contribution >= 0.6 is 22.6 Å². The largest absolute Gasteiger partial charge is 0.493 e. The van der Waals surface area contributed by atoms with E-state index in [0.717, 1.165) is 5.56 Å². The number of aryl methyl sites for hydroxylation is 2. The highest BCUT2D eigenvalue weighted by Crippen LogP contribution is 2.42. The monoisotopic (exact) mass is 1410 g/mol. The van der Waals surface area contributed by atoms with E-state index >= 15 is 4.39 Å². The Kier molecular flexibility index (Phi) is 23.8. The summed E-state index contributed by atoms with van der Waals surface area (Å²) < 4.78 is 71.4. The predicted molar refractivity (Wildman–Crippen MR) is 359 cm³/mol. The lowest BCUT2D eigenvalue weighted by Crippen LogP contribution is -2.50. The van der Waals surface area contributed by atoms with Gasteiger partial charge in [-0.1, -0.05) is 37.3 Å². The van der Waals surface area contributed by atoms with Crippen molar-refractivity contribution in [2.24, 2.45) is 7.05 Å². The molecule has 94 heavy (non-hydrogen) atoms. The zero-order valence-corrected chi connectivity index (χ0v) is 56.1. The first-order valence-corrected chi connectivity index (χ1v) is 32.2. The molecule has 500 valence electrons. The number of nitrogens with zero attached hydrogens (tertiary/aromatic N) is 4. The van der Waals surface area contributed by atoms with E-state index in [4.69, 9.17) is 42.6 Å². The van der Waals surface area contributed by atoms with Gasteiger partial charge in [0.05, 0.1) is 91.2 Å². The summed E-state index contributed by atoms with van der Waals surface area (Å²) in [5, 5.41) is 8.62. The number of piperidine rings is 1. The number of benzene rings is 5. The number of hydrogen-bond acceptors (Lipinski definition) is 17. The summed E-state index contributed by atoms with van der Waals surface area (Å²) in [7, 11) is 9.12. The fraction of sp³-hybridized carbons (Fsp3) is 0.406. The lowest BCUT2D eigenvalue weighted by atomic mass is 9.91. The third-order valence-corrected chi connectivity index (χ3v) is 17.3. The smallest absolute Gasteiger partial charge is 0.336 e. The normalized spacial score (nSPS) is 14.4. The highest BCUT2D eigenvalue weighted by atomic mass is 127. The summed E-state index contributed by atoms with van der Waals surface area (Å²) in [6, 6.07) is 25.9. The summed E-state index contributed by atoms with van der Waals surface area (Å²) >= 11 is 1.98. The number of halogens is 2. The van der Waals surface area contributed by atoms with Gasteiger partial charge < -0.3 is 63.5 Å². The van der Waals surface area contributed by atoms with E-state index in [1.54, 1.807) is 91.9 Å². The number of carbonyl (C=O) groups excluding carboxylic acids is 4. The van der Waals surface area contributed by atoms with Gasteiger partial charge in [0.1, 0.15) is 34.9 Å². The first kappa shape index (κ1) is 69.4. The van der Waals surface area contributed by atoms with E-state index in [9.17, 15) is 33.6 Å². The van der Waals surface area contributed by atoms with E-state index in [1.807, 2.05) is 41.6 Å². The summed E-state index contributed by atoms with van der Waals surface area (Å²) in [4.78, 5) is 99.8. The van der Waals surface area contributed by atoms with Gasteiger partial charge in [0.2, 0.25) is 17.6 Å². The number of para-hydroxylation sites is 1. The highest BCUT2D eigenvalue weighted by Gasteiger charge is 2.39. The maximum Gasteiger partial charge on any atom is 0.336 e. The number of amides is 3. The molecular formula is C69H79FIN7O16. The number of rotatable bonds is 31. The average molecular weight is 1410 g/mol. The molecule has 2 fully saturated rings. The van der Waals surface area contributed by atoms with Gasteiger partial charge in [-0.3, -0.25) is 37.7 Å². The van der Waals surface area contributed by atoms with E-state index in [0.29, 0.717) is 113 Å². The van der Waals surface area contributed by atoms with Gasteiger partial charge in [-0.25, -0.2) is 14.0 Å². The zero-order valence-electron chi connectivity index (χ0n) is 53.9. The van der Waals surface area contributed by atoms with Crippen molar-refractivity contribution >= 4 is 74.4 Å². The molecule has 25 heteroatoms. The molecule has 0 radical (unpaired) electrons.